The Labute approximate surface area is 91.5 Å². The molecule has 0 fully saturated rings. The van der Waals surface area contributed by atoms with Gasteiger partial charge in [-0.2, -0.15) is 4.98 Å². The van der Waals surface area contributed by atoms with E-state index in [9.17, 15) is 0 Å². The van der Waals surface area contributed by atoms with Crippen molar-refractivity contribution in [3.8, 4) is 11.5 Å². The Balaban J connectivity index is 2.17. The zero-order chi connectivity index (χ0) is 10.7. The van der Waals surface area contributed by atoms with Gasteiger partial charge in [-0.05, 0) is 13.5 Å². The molecule has 0 bridgehead atoms. The first-order valence-electron chi connectivity index (χ1n) is 4.76. The van der Waals surface area contributed by atoms with E-state index in [1.165, 1.54) is 11.3 Å². The Bertz CT molecular complexity index is 411. The topological polar surface area (TPSA) is 63.8 Å². The van der Waals surface area contributed by atoms with E-state index in [2.05, 4.69) is 20.4 Å². The minimum atomic E-state index is 0.0786. The Morgan fingerprint density at radius 2 is 2.47 bits per heavy atom. The fourth-order valence-electron chi connectivity index (χ4n) is 1.23. The van der Waals surface area contributed by atoms with Crippen molar-refractivity contribution in [1.82, 2.24) is 20.4 Å². The quantitative estimate of drug-likeness (QED) is 0.858. The second-order valence-corrected chi connectivity index (χ2v) is 3.83. The molecule has 0 aliphatic carbocycles. The Morgan fingerprint density at radius 1 is 1.60 bits per heavy atom. The van der Waals surface area contributed by atoms with E-state index < -0.39 is 0 Å². The summed E-state index contributed by atoms with van der Waals surface area (Å²) in [6, 6.07) is 0.0786. The number of rotatable bonds is 4. The summed E-state index contributed by atoms with van der Waals surface area (Å²) < 4.78 is 5.14. The molecule has 5 nitrogen and oxygen atoms in total. The predicted octanol–water partition coefficient (Wildman–Crippen LogP) is 1.86. The van der Waals surface area contributed by atoms with Crippen LogP contribution in [0.15, 0.2) is 15.4 Å². The second kappa shape index (κ2) is 4.50. The number of thiazole rings is 1. The van der Waals surface area contributed by atoms with E-state index in [1.54, 1.807) is 5.51 Å². The molecular weight excluding hydrogens is 212 g/mol. The highest BCUT2D eigenvalue weighted by Gasteiger charge is 2.14. The molecule has 1 N–H and O–H groups in total. The molecule has 0 amide bonds. The third-order valence-electron chi connectivity index (χ3n) is 1.98. The Kier molecular flexibility index (Phi) is 3.08. The summed E-state index contributed by atoms with van der Waals surface area (Å²) in [5.41, 5.74) is 2.51. The van der Waals surface area contributed by atoms with Gasteiger partial charge in [0.2, 0.25) is 11.7 Å². The molecule has 0 aromatic carbocycles. The molecule has 1 atom stereocenters. The van der Waals surface area contributed by atoms with Crippen molar-refractivity contribution >= 4 is 11.3 Å². The van der Waals surface area contributed by atoms with Gasteiger partial charge < -0.3 is 9.84 Å². The lowest BCUT2D eigenvalue weighted by Gasteiger charge is -2.04. The summed E-state index contributed by atoms with van der Waals surface area (Å²) in [4.78, 5) is 8.39. The predicted molar refractivity (Wildman–Crippen MR) is 57.5 cm³/mol. The number of aromatic nitrogens is 3. The highest BCUT2D eigenvalue weighted by atomic mass is 32.1. The van der Waals surface area contributed by atoms with E-state index in [-0.39, 0.29) is 6.04 Å². The summed E-state index contributed by atoms with van der Waals surface area (Å²) in [7, 11) is 0. The first-order chi connectivity index (χ1) is 7.31. The molecule has 0 aliphatic heterocycles. The van der Waals surface area contributed by atoms with Crippen molar-refractivity contribution in [1.29, 1.82) is 0 Å². The summed E-state index contributed by atoms with van der Waals surface area (Å²) in [6.07, 6.45) is 0. The van der Waals surface area contributed by atoms with Gasteiger partial charge in [-0.3, -0.25) is 0 Å². The first kappa shape index (κ1) is 10.3. The smallest absolute Gasteiger partial charge is 0.243 e. The number of nitrogens with zero attached hydrogens (tertiary/aromatic N) is 3. The van der Waals surface area contributed by atoms with Gasteiger partial charge in [0.15, 0.2) is 0 Å². The van der Waals surface area contributed by atoms with Crippen LogP contribution >= 0.6 is 11.3 Å². The molecule has 2 aromatic heterocycles. The molecule has 80 valence electrons. The third kappa shape index (κ3) is 2.21. The van der Waals surface area contributed by atoms with Gasteiger partial charge in [-0.15, -0.1) is 11.3 Å². The summed E-state index contributed by atoms with van der Waals surface area (Å²) in [5.74, 6) is 1.15. The maximum atomic E-state index is 5.14. The lowest BCUT2D eigenvalue weighted by Crippen LogP contribution is -2.17. The molecule has 15 heavy (non-hydrogen) atoms. The molecular formula is C9H12N4OS. The van der Waals surface area contributed by atoms with Gasteiger partial charge in [-0.25, -0.2) is 4.98 Å². The SMILES string of the molecule is CCNC(C)c1nc(-c2cscn2)no1. The van der Waals surface area contributed by atoms with Crippen LogP contribution in [0.25, 0.3) is 11.5 Å². The van der Waals surface area contributed by atoms with Crippen LogP contribution < -0.4 is 5.32 Å². The Hall–Kier alpha value is -1.27. The number of nitrogens with one attached hydrogen (secondary N) is 1. The standard InChI is InChI=1S/C9H12N4OS/c1-3-10-6(2)9-12-8(13-14-9)7-4-15-5-11-7/h4-6,10H,3H2,1-2H3. The number of hydrogen-bond donors (Lipinski definition) is 1. The molecule has 0 radical (unpaired) electrons. The molecule has 0 saturated heterocycles. The fraction of sp³-hybridized carbons (Fsp3) is 0.444. The summed E-state index contributed by atoms with van der Waals surface area (Å²) in [5, 5.41) is 8.98. The first-order valence-corrected chi connectivity index (χ1v) is 5.71. The van der Waals surface area contributed by atoms with Gasteiger partial charge in [0.25, 0.3) is 0 Å². The molecule has 2 aromatic rings. The van der Waals surface area contributed by atoms with Crippen LogP contribution in [0.1, 0.15) is 25.8 Å². The van der Waals surface area contributed by atoms with Crippen LogP contribution in [-0.4, -0.2) is 21.7 Å². The van der Waals surface area contributed by atoms with E-state index in [0.717, 1.165) is 12.2 Å². The largest absolute Gasteiger partial charge is 0.337 e. The van der Waals surface area contributed by atoms with Gasteiger partial charge in [0.05, 0.1) is 11.6 Å². The van der Waals surface area contributed by atoms with E-state index in [1.807, 2.05) is 19.2 Å². The highest BCUT2D eigenvalue weighted by Crippen LogP contribution is 2.17. The third-order valence-corrected chi connectivity index (χ3v) is 2.57. The average molecular weight is 224 g/mol. The van der Waals surface area contributed by atoms with E-state index >= 15 is 0 Å². The minimum absolute atomic E-state index is 0.0786. The monoisotopic (exact) mass is 224 g/mol. The van der Waals surface area contributed by atoms with Crippen molar-refractivity contribution in [2.45, 2.75) is 19.9 Å². The zero-order valence-corrected chi connectivity index (χ0v) is 9.41. The van der Waals surface area contributed by atoms with E-state index in [4.69, 9.17) is 4.52 Å². The van der Waals surface area contributed by atoms with Gasteiger partial charge in [0, 0.05) is 5.38 Å². The van der Waals surface area contributed by atoms with Gasteiger partial charge >= 0.3 is 0 Å². The minimum Gasteiger partial charge on any atom is -0.337 e. The highest BCUT2D eigenvalue weighted by molar-refractivity contribution is 7.07. The summed E-state index contributed by atoms with van der Waals surface area (Å²) >= 11 is 1.51. The molecule has 0 spiro atoms. The van der Waals surface area contributed by atoms with E-state index in [0.29, 0.717) is 11.7 Å². The molecule has 2 rings (SSSR count). The molecule has 0 aliphatic rings. The van der Waals surface area contributed by atoms with Crippen molar-refractivity contribution in [3.63, 3.8) is 0 Å². The van der Waals surface area contributed by atoms with Crippen molar-refractivity contribution in [2.75, 3.05) is 6.54 Å². The molecule has 1 unspecified atom stereocenters. The maximum absolute atomic E-state index is 5.14. The van der Waals surface area contributed by atoms with Crippen molar-refractivity contribution in [3.05, 3.63) is 16.8 Å². The Morgan fingerprint density at radius 3 is 3.13 bits per heavy atom. The fourth-order valence-corrected chi connectivity index (χ4v) is 1.76. The van der Waals surface area contributed by atoms with Gasteiger partial charge in [0.1, 0.15) is 5.69 Å². The average Bonchev–Trinajstić information content (AvgIpc) is 2.89. The van der Waals surface area contributed by atoms with Crippen molar-refractivity contribution < 1.29 is 4.52 Å². The summed E-state index contributed by atoms with van der Waals surface area (Å²) in [6.45, 7) is 4.89. The van der Waals surface area contributed by atoms with Crippen LogP contribution in [0.5, 0.6) is 0 Å². The van der Waals surface area contributed by atoms with Crippen LogP contribution in [-0.2, 0) is 0 Å². The number of hydrogen-bond acceptors (Lipinski definition) is 6. The van der Waals surface area contributed by atoms with Crippen LogP contribution in [0, 0.1) is 0 Å². The zero-order valence-electron chi connectivity index (χ0n) is 8.60. The maximum Gasteiger partial charge on any atom is 0.243 e. The molecule has 0 saturated carbocycles. The normalized spacial score (nSPS) is 12.9. The van der Waals surface area contributed by atoms with Crippen LogP contribution in [0.4, 0.5) is 0 Å². The lowest BCUT2D eigenvalue weighted by molar-refractivity contribution is 0.342. The van der Waals surface area contributed by atoms with Crippen LogP contribution in [0.3, 0.4) is 0 Å². The second-order valence-electron chi connectivity index (χ2n) is 3.11. The molecule has 2 heterocycles. The molecule has 6 heteroatoms. The van der Waals surface area contributed by atoms with Crippen LogP contribution in [0.2, 0.25) is 0 Å². The lowest BCUT2D eigenvalue weighted by atomic mass is 10.3. The van der Waals surface area contributed by atoms with Crippen molar-refractivity contribution in [2.24, 2.45) is 0 Å². The van der Waals surface area contributed by atoms with Gasteiger partial charge in [-0.1, -0.05) is 12.1 Å².